The van der Waals surface area contributed by atoms with E-state index in [1.54, 1.807) is 10.5 Å². The standard InChI is InChI=1S/C28H31ClN4O/c1-2-3-7-16-32-26(31-17-14-22(15-18-31)21-8-5-4-6-9-21)19-27(34)33-20-25(30-28(32)33)23-10-12-24(29)13-11-23/h4-6,8-13,19-20,22H,2-3,7,14-18H2,1H3. The second kappa shape index (κ2) is 10.1. The molecule has 34 heavy (non-hydrogen) atoms. The number of halogens is 1. The van der Waals surface area contributed by atoms with E-state index in [-0.39, 0.29) is 5.56 Å². The highest BCUT2D eigenvalue weighted by Crippen LogP contribution is 2.31. The van der Waals surface area contributed by atoms with Crippen molar-refractivity contribution in [3.63, 3.8) is 0 Å². The maximum atomic E-state index is 13.2. The number of piperidine rings is 1. The molecule has 0 amide bonds. The van der Waals surface area contributed by atoms with E-state index in [0.29, 0.717) is 16.7 Å². The van der Waals surface area contributed by atoms with Crippen LogP contribution in [0.3, 0.4) is 0 Å². The molecule has 0 aliphatic carbocycles. The molecule has 5 rings (SSSR count). The molecular formula is C28H31ClN4O. The number of hydrogen-bond acceptors (Lipinski definition) is 3. The summed E-state index contributed by atoms with van der Waals surface area (Å²) in [5.41, 5.74) is 3.13. The van der Waals surface area contributed by atoms with Gasteiger partial charge in [0.15, 0.2) is 0 Å². The molecule has 3 heterocycles. The second-order valence-corrected chi connectivity index (χ2v) is 9.61. The number of imidazole rings is 1. The van der Waals surface area contributed by atoms with E-state index in [9.17, 15) is 4.79 Å². The SMILES string of the molecule is CCCCCn1c(N2CCC(c3ccccc3)CC2)cc(=O)n2cc(-c3ccc(Cl)cc3)nc12. The molecule has 0 unspecified atom stereocenters. The van der Waals surface area contributed by atoms with Crippen molar-refractivity contribution in [2.24, 2.45) is 0 Å². The van der Waals surface area contributed by atoms with Crippen LogP contribution in [-0.4, -0.2) is 27.0 Å². The molecule has 0 atom stereocenters. The number of hydrogen-bond donors (Lipinski definition) is 0. The fourth-order valence-electron chi connectivity index (χ4n) is 5.01. The van der Waals surface area contributed by atoms with E-state index in [0.717, 1.165) is 68.8 Å². The van der Waals surface area contributed by atoms with Crippen LogP contribution in [-0.2, 0) is 6.54 Å². The molecule has 0 radical (unpaired) electrons. The molecule has 4 aromatic rings. The number of rotatable bonds is 7. The van der Waals surface area contributed by atoms with E-state index in [2.05, 4.69) is 46.7 Å². The van der Waals surface area contributed by atoms with Gasteiger partial charge in [-0.3, -0.25) is 13.8 Å². The van der Waals surface area contributed by atoms with Gasteiger partial charge in [-0.05, 0) is 42.9 Å². The van der Waals surface area contributed by atoms with Crippen molar-refractivity contribution in [3.05, 3.63) is 87.8 Å². The number of nitrogens with zero attached hydrogens (tertiary/aromatic N) is 4. The van der Waals surface area contributed by atoms with Crippen LogP contribution in [0, 0.1) is 0 Å². The Morgan fingerprint density at radius 2 is 1.74 bits per heavy atom. The van der Waals surface area contributed by atoms with Crippen LogP contribution in [0.2, 0.25) is 5.02 Å². The summed E-state index contributed by atoms with van der Waals surface area (Å²) in [6.45, 7) is 4.94. The van der Waals surface area contributed by atoms with Gasteiger partial charge in [-0.1, -0.05) is 73.8 Å². The molecule has 176 valence electrons. The van der Waals surface area contributed by atoms with Gasteiger partial charge in [-0.25, -0.2) is 4.98 Å². The van der Waals surface area contributed by atoms with E-state index in [1.807, 2.05) is 30.5 Å². The maximum Gasteiger partial charge on any atom is 0.261 e. The monoisotopic (exact) mass is 474 g/mol. The van der Waals surface area contributed by atoms with Gasteiger partial charge in [-0.2, -0.15) is 0 Å². The molecule has 5 nitrogen and oxygen atoms in total. The Labute approximate surface area is 205 Å². The summed E-state index contributed by atoms with van der Waals surface area (Å²) in [6, 6.07) is 20.2. The zero-order valence-corrected chi connectivity index (χ0v) is 20.4. The minimum absolute atomic E-state index is 0.0327. The first-order valence-electron chi connectivity index (χ1n) is 12.3. The summed E-state index contributed by atoms with van der Waals surface area (Å²) in [5.74, 6) is 2.28. The van der Waals surface area contributed by atoms with Crippen molar-refractivity contribution in [1.29, 1.82) is 0 Å². The summed E-state index contributed by atoms with van der Waals surface area (Å²) < 4.78 is 3.94. The first-order chi connectivity index (χ1) is 16.6. The van der Waals surface area contributed by atoms with E-state index in [1.165, 1.54) is 5.56 Å². The number of benzene rings is 2. The Bertz CT molecular complexity index is 1300. The highest BCUT2D eigenvalue weighted by atomic mass is 35.5. The Morgan fingerprint density at radius 3 is 2.44 bits per heavy atom. The predicted octanol–water partition coefficient (Wildman–Crippen LogP) is 6.39. The molecule has 6 heteroatoms. The number of unbranched alkanes of at least 4 members (excludes halogenated alkanes) is 2. The predicted molar refractivity (Wildman–Crippen MR) is 140 cm³/mol. The minimum atomic E-state index is -0.0327. The van der Waals surface area contributed by atoms with E-state index < -0.39 is 0 Å². The van der Waals surface area contributed by atoms with Gasteiger partial charge >= 0.3 is 0 Å². The zero-order chi connectivity index (χ0) is 23.5. The van der Waals surface area contributed by atoms with Crippen LogP contribution >= 0.6 is 11.6 Å². The normalized spacial score (nSPS) is 14.7. The lowest BCUT2D eigenvalue weighted by molar-refractivity contribution is 0.491. The Morgan fingerprint density at radius 1 is 1.00 bits per heavy atom. The third kappa shape index (κ3) is 4.62. The average Bonchev–Trinajstić information content (AvgIpc) is 3.33. The molecule has 2 aromatic heterocycles. The first kappa shape index (κ1) is 22.7. The molecule has 0 N–H and O–H groups in total. The summed E-state index contributed by atoms with van der Waals surface area (Å²) in [5, 5.41) is 0.688. The Kier molecular flexibility index (Phi) is 6.73. The lowest BCUT2D eigenvalue weighted by Gasteiger charge is -2.35. The van der Waals surface area contributed by atoms with Gasteiger partial charge in [0.25, 0.3) is 5.56 Å². The molecule has 1 saturated heterocycles. The van der Waals surface area contributed by atoms with E-state index >= 15 is 0 Å². The summed E-state index contributed by atoms with van der Waals surface area (Å²) in [4.78, 5) is 20.5. The van der Waals surface area contributed by atoms with Crippen LogP contribution in [0.1, 0.15) is 50.5 Å². The lowest BCUT2D eigenvalue weighted by Crippen LogP contribution is -2.36. The van der Waals surface area contributed by atoms with Crippen molar-refractivity contribution in [2.45, 2.75) is 51.5 Å². The molecule has 0 bridgehead atoms. The van der Waals surface area contributed by atoms with Gasteiger partial charge in [0.05, 0.1) is 5.69 Å². The molecule has 0 spiro atoms. The minimum Gasteiger partial charge on any atom is -0.358 e. The van der Waals surface area contributed by atoms with Crippen molar-refractivity contribution < 1.29 is 0 Å². The van der Waals surface area contributed by atoms with Gasteiger partial charge < -0.3 is 4.90 Å². The lowest BCUT2D eigenvalue weighted by atomic mass is 9.89. The Hall–Kier alpha value is -3.05. The van der Waals surface area contributed by atoms with Gasteiger partial charge in [0.1, 0.15) is 5.82 Å². The molecule has 2 aromatic carbocycles. The number of aromatic nitrogens is 3. The van der Waals surface area contributed by atoms with Crippen LogP contribution in [0.15, 0.2) is 71.7 Å². The van der Waals surface area contributed by atoms with E-state index in [4.69, 9.17) is 16.6 Å². The summed E-state index contributed by atoms with van der Waals surface area (Å²) in [7, 11) is 0. The van der Waals surface area contributed by atoms with Crippen molar-refractivity contribution in [1.82, 2.24) is 14.0 Å². The maximum absolute atomic E-state index is 13.2. The smallest absolute Gasteiger partial charge is 0.261 e. The molecule has 1 fully saturated rings. The quantitative estimate of drug-likeness (QED) is 0.291. The highest BCUT2D eigenvalue weighted by molar-refractivity contribution is 6.30. The topological polar surface area (TPSA) is 42.5 Å². The summed E-state index contributed by atoms with van der Waals surface area (Å²) in [6.07, 6.45) is 7.39. The fourth-order valence-corrected chi connectivity index (χ4v) is 5.13. The zero-order valence-electron chi connectivity index (χ0n) is 19.7. The third-order valence-electron chi connectivity index (χ3n) is 6.91. The first-order valence-corrected chi connectivity index (χ1v) is 12.7. The van der Waals surface area contributed by atoms with Gasteiger partial charge in [0.2, 0.25) is 5.78 Å². The molecule has 1 aliphatic rings. The van der Waals surface area contributed by atoms with Crippen molar-refractivity contribution in [2.75, 3.05) is 18.0 Å². The van der Waals surface area contributed by atoms with Crippen LogP contribution in [0.4, 0.5) is 5.82 Å². The third-order valence-corrected chi connectivity index (χ3v) is 7.16. The van der Waals surface area contributed by atoms with Crippen LogP contribution in [0.5, 0.6) is 0 Å². The number of anilines is 1. The number of fused-ring (bicyclic) bond motifs is 1. The van der Waals surface area contributed by atoms with Crippen molar-refractivity contribution in [3.8, 4) is 11.3 Å². The second-order valence-electron chi connectivity index (χ2n) is 9.17. The van der Waals surface area contributed by atoms with Crippen LogP contribution < -0.4 is 10.5 Å². The largest absolute Gasteiger partial charge is 0.358 e. The van der Waals surface area contributed by atoms with Crippen LogP contribution in [0.25, 0.3) is 17.0 Å². The fraction of sp³-hybridized carbons (Fsp3) is 0.357. The molecule has 1 aliphatic heterocycles. The Balaban J connectivity index is 1.50. The molecular weight excluding hydrogens is 444 g/mol. The average molecular weight is 475 g/mol. The van der Waals surface area contributed by atoms with Gasteiger partial charge in [-0.15, -0.1) is 0 Å². The number of aryl methyl sites for hydroxylation is 1. The van der Waals surface area contributed by atoms with Crippen molar-refractivity contribution >= 4 is 23.2 Å². The summed E-state index contributed by atoms with van der Waals surface area (Å²) >= 11 is 6.07. The van der Waals surface area contributed by atoms with Gasteiger partial charge in [0, 0.05) is 42.5 Å². The molecule has 0 saturated carbocycles. The highest BCUT2D eigenvalue weighted by Gasteiger charge is 2.24.